The summed E-state index contributed by atoms with van der Waals surface area (Å²) in [6, 6.07) is 8.92. The molecule has 0 nitrogen and oxygen atoms in total. The van der Waals surface area contributed by atoms with Crippen molar-refractivity contribution < 1.29 is 0 Å². The molecule has 1 aliphatic carbocycles. The van der Waals surface area contributed by atoms with E-state index in [0.29, 0.717) is 0 Å². The molecule has 0 unspecified atom stereocenters. The van der Waals surface area contributed by atoms with Gasteiger partial charge in [0.2, 0.25) is 0 Å². The normalized spacial score (nSPS) is 18.8. The van der Waals surface area contributed by atoms with Crippen molar-refractivity contribution in [2.24, 2.45) is 0 Å². The average Bonchev–Trinajstić information content (AvgIpc) is 2.19. The summed E-state index contributed by atoms with van der Waals surface area (Å²) in [5.41, 5.74) is 2.87. The SMILES string of the molecule is Cc1cccc([C]2CCCCC2)c1. The van der Waals surface area contributed by atoms with Crippen LogP contribution in [-0.2, 0) is 0 Å². The fourth-order valence-corrected chi connectivity index (χ4v) is 2.13. The Morgan fingerprint density at radius 2 is 1.77 bits per heavy atom. The van der Waals surface area contributed by atoms with Gasteiger partial charge in [-0.2, -0.15) is 0 Å². The van der Waals surface area contributed by atoms with Gasteiger partial charge in [-0.05, 0) is 25.3 Å². The quantitative estimate of drug-likeness (QED) is 0.604. The number of aryl methyl sites for hydroxylation is 1. The Bertz CT molecular complexity index is 269. The van der Waals surface area contributed by atoms with Crippen LogP contribution in [0, 0.1) is 12.8 Å². The van der Waals surface area contributed by atoms with Gasteiger partial charge >= 0.3 is 0 Å². The molecule has 0 atom stereocenters. The van der Waals surface area contributed by atoms with Crippen molar-refractivity contribution in [1.29, 1.82) is 0 Å². The lowest BCUT2D eigenvalue weighted by molar-refractivity contribution is 0.551. The van der Waals surface area contributed by atoms with Gasteiger partial charge in [-0.3, -0.25) is 0 Å². The maximum Gasteiger partial charge on any atom is 0.00499 e. The van der Waals surface area contributed by atoms with E-state index in [0.717, 1.165) is 0 Å². The van der Waals surface area contributed by atoms with Crippen LogP contribution in [-0.4, -0.2) is 0 Å². The lowest BCUT2D eigenvalue weighted by Crippen LogP contribution is -2.05. The summed E-state index contributed by atoms with van der Waals surface area (Å²) >= 11 is 0. The van der Waals surface area contributed by atoms with E-state index in [1.54, 1.807) is 5.92 Å². The molecule has 0 bridgehead atoms. The van der Waals surface area contributed by atoms with Crippen LogP contribution < -0.4 is 0 Å². The summed E-state index contributed by atoms with van der Waals surface area (Å²) in [4.78, 5) is 0. The highest BCUT2D eigenvalue weighted by atomic mass is 14.2. The minimum Gasteiger partial charge on any atom is -0.0617 e. The number of hydrogen-bond acceptors (Lipinski definition) is 0. The lowest BCUT2D eigenvalue weighted by atomic mass is 9.84. The fourth-order valence-electron chi connectivity index (χ4n) is 2.13. The van der Waals surface area contributed by atoms with Gasteiger partial charge in [-0.25, -0.2) is 0 Å². The molecule has 13 heavy (non-hydrogen) atoms. The van der Waals surface area contributed by atoms with Crippen LogP contribution in [0.4, 0.5) is 0 Å². The van der Waals surface area contributed by atoms with E-state index in [1.807, 2.05) is 0 Å². The van der Waals surface area contributed by atoms with Crippen molar-refractivity contribution in [3.63, 3.8) is 0 Å². The molecule has 0 heterocycles. The summed E-state index contributed by atoms with van der Waals surface area (Å²) < 4.78 is 0. The van der Waals surface area contributed by atoms with Crippen molar-refractivity contribution in [1.82, 2.24) is 0 Å². The van der Waals surface area contributed by atoms with Gasteiger partial charge in [0.1, 0.15) is 0 Å². The zero-order chi connectivity index (χ0) is 9.10. The first-order chi connectivity index (χ1) is 6.36. The Morgan fingerprint density at radius 3 is 2.46 bits per heavy atom. The molecule has 0 heteroatoms. The molecule has 1 aliphatic rings. The van der Waals surface area contributed by atoms with Crippen LogP contribution in [0.5, 0.6) is 0 Å². The number of benzene rings is 1. The van der Waals surface area contributed by atoms with Gasteiger partial charge in [0, 0.05) is 5.92 Å². The predicted molar refractivity (Wildman–Crippen MR) is 56.6 cm³/mol. The van der Waals surface area contributed by atoms with Gasteiger partial charge in [-0.15, -0.1) is 0 Å². The summed E-state index contributed by atoms with van der Waals surface area (Å²) in [7, 11) is 0. The third kappa shape index (κ3) is 2.12. The van der Waals surface area contributed by atoms with Crippen molar-refractivity contribution in [3.05, 3.63) is 41.3 Å². The van der Waals surface area contributed by atoms with Crippen LogP contribution in [0.1, 0.15) is 43.2 Å². The van der Waals surface area contributed by atoms with E-state index in [4.69, 9.17) is 0 Å². The van der Waals surface area contributed by atoms with Crippen molar-refractivity contribution in [3.8, 4) is 0 Å². The molecule has 0 N–H and O–H groups in total. The molecular weight excluding hydrogens is 156 g/mol. The fraction of sp³-hybridized carbons (Fsp3) is 0.462. The Labute approximate surface area is 81.0 Å². The van der Waals surface area contributed by atoms with Crippen molar-refractivity contribution >= 4 is 0 Å². The molecule has 1 aromatic rings. The lowest BCUT2D eigenvalue weighted by Gasteiger charge is -2.21. The van der Waals surface area contributed by atoms with Gasteiger partial charge in [0.25, 0.3) is 0 Å². The highest BCUT2D eigenvalue weighted by Gasteiger charge is 2.15. The summed E-state index contributed by atoms with van der Waals surface area (Å²) in [5, 5.41) is 0. The van der Waals surface area contributed by atoms with E-state index >= 15 is 0 Å². The van der Waals surface area contributed by atoms with E-state index in [1.165, 1.54) is 43.2 Å². The minimum atomic E-state index is 1.32. The number of hydrogen-bond donors (Lipinski definition) is 0. The van der Waals surface area contributed by atoms with E-state index in [-0.39, 0.29) is 0 Å². The molecule has 1 fully saturated rings. The molecule has 69 valence electrons. The molecular formula is C13H17. The minimum absolute atomic E-state index is 1.32. The highest BCUT2D eigenvalue weighted by Crippen LogP contribution is 2.31. The van der Waals surface area contributed by atoms with Crippen LogP contribution in [0.15, 0.2) is 24.3 Å². The Balaban J connectivity index is 2.14. The van der Waals surface area contributed by atoms with Crippen LogP contribution in [0.2, 0.25) is 0 Å². The predicted octanol–water partition coefficient (Wildman–Crippen LogP) is 3.88. The maximum atomic E-state index is 2.32. The first-order valence-corrected chi connectivity index (χ1v) is 5.28. The average molecular weight is 173 g/mol. The van der Waals surface area contributed by atoms with Crippen molar-refractivity contribution in [2.75, 3.05) is 0 Å². The second kappa shape index (κ2) is 3.95. The molecule has 1 saturated carbocycles. The molecule has 0 aliphatic heterocycles. The smallest absolute Gasteiger partial charge is 0.00499 e. The Kier molecular flexibility index (Phi) is 2.68. The zero-order valence-corrected chi connectivity index (χ0v) is 8.34. The molecule has 1 radical (unpaired) electrons. The van der Waals surface area contributed by atoms with E-state index in [9.17, 15) is 0 Å². The molecule has 0 saturated heterocycles. The second-order valence-electron chi connectivity index (χ2n) is 4.03. The molecule has 0 aromatic heterocycles. The third-order valence-electron chi connectivity index (χ3n) is 2.88. The highest BCUT2D eigenvalue weighted by molar-refractivity contribution is 5.34. The van der Waals surface area contributed by atoms with Gasteiger partial charge in [0.15, 0.2) is 0 Å². The van der Waals surface area contributed by atoms with Gasteiger partial charge in [0.05, 0.1) is 0 Å². The maximum absolute atomic E-state index is 2.32. The van der Waals surface area contributed by atoms with Crippen LogP contribution in [0.25, 0.3) is 0 Å². The van der Waals surface area contributed by atoms with Crippen molar-refractivity contribution in [2.45, 2.75) is 39.0 Å². The summed E-state index contributed by atoms with van der Waals surface area (Å²) in [5.74, 6) is 1.68. The second-order valence-corrected chi connectivity index (χ2v) is 4.03. The largest absolute Gasteiger partial charge is 0.0617 e. The van der Waals surface area contributed by atoms with Gasteiger partial charge in [-0.1, -0.05) is 49.1 Å². The van der Waals surface area contributed by atoms with Crippen LogP contribution in [0.3, 0.4) is 0 Å². The van der Waals surface area contributed by atoms with E-state index in [2.05, 4.69) is 31.2 Å². The third-order valence-corrected chi connectivity index (χ3v) is 2.88. The van der Waals surface area contributed by atoms with Crippen LogP contribution >= 0.6 is 0 Å². The first kappa shape index (κ1) is 8.80. The molecule has 0 spiro atoms. The summed E-state index contributed by atoms with van der Waals surface area (Å²) in [6.45, 7) is 2.17. The standard InChI is InChI=1S/C13H17/c1-11-6-5-9-13(10-11)12-7-3-2-4-8-12/h5-6,9-10H,2-4,7-8H2,1H3. The summed E-state index contributed by atoms with van der Waals surface area (Å²) in [6.07, 6.45) is 6.86. The number of rotatable bonds is 1. The zero-order valence-electron chi connectivity index (χ0n) is 8.34. The molecule has 1 aromatic carbocycles. The molecule has 0 amide bonds. The topological polar surface area (TPSA) is 0 Å². The molecule has 2 rings (SSSR count). The van der Waals surface area contributed by atoms with Gasteiger partial charge < -0.3 is 0 Å². The first-order valence-electron chi connectivity index (χ1n) is 5.28. The van der Waals surface area contributed by atoms with E-state index < -0.39 is 0 Å². The Morgan fingerprint density at radius 1 is 1.00 bits per heavy atom. The Hall–Kier alpha value is -0.780. The monoisotopic (exact) mass is 173 g/mol.